The van der Waals surface area contributed by atoms with E-state index < -0.39 is 0 Å². The molecule has 4 heteroatoms. The minimum atomic E-state index is 0.0831. The van der Waals surface area contributed by atoms with Crippen LogP contribution in [-0.4, -0.2) is 19.3 Å². The summed E-state index contributed by atoms with van der Waals surface area (Å²) in [6, 6.07) is 12.0. The molecule has 2 aromatic carbocycles. The quantitative estimate of drug-likeness (QED) is 0.824. The van der Waals surface area contributed by atoms with Gasteiger partial charge in [-0.1, -0.05) is 12.1 Å². The number of hydrogen-bond acceptors (Lipinski definition) is 4. The van der Waals surface area contributed by atoms with Crippen molar-refractivity contribution in [3.05, 3.63) is 53.1 Å². The zero-order valence-corrected chi connectivity index (χ0v) is 13.4. The van der Waals surface area contributed by atoms with Gasteiger partial charge >= 0.3 is 0 Å². The summed E-state index contributed by atoms with van der Waals surface area (Å²) >= 11 is 1.76. The summed E-state index contributed by atoms with van der Waals surface area (Å²) < 4.78 is 10.7. The third-order valence-electron chi connectivity index (χ3n) is 3.34. The van der Waals surface area contributed by atoms with Gasteiger partial charge in [-0.05, 0) is 47.9 Å². The molecule has 0 spiro atoms. The second-order valence-corrected chi connectivity index (χ2v) is 5.77. The van der Waals surface area contributed by atoms with Crippen LogP contribution in [0.2, 0.25) is 0 Å². The maximum atomic E-state index is 9.05. The predicted molar refractivity (Wildman–Crippen MR) is 86.2 cm³/mol. The molecule has 0 aliphatic heterocycles. The van der Waals surface area contributed by atoms with Gasteiger partial charge < -0.3 is 14.6 Å². The SMILES string of the molecule is COc1cc(C)c(CSc2ccc(CO)cc2)cc1OC. The summed E-state index contributed by atoms with van der Waals surface area (Å²) in [6.45, 7) is 2.16. The molecule has 21 heavy (non-hydrogen) atoms. The standard InChI is InChI=1S/C17H20O3S/c1-12-8-16(19-2)17(20-3)9-14(12)11-21-15-6-4-13(10-18)5-7-15/h4-9,18H,10-11H2,1-3H3. The lowest BCUT2D eigenvalue weighted by Crippen LogP contribution is -1.95. The largest absolute Gasteiger partial charge is 0.493 e. The summed E-state index contributed by atoms with van der Waals surface area (Å²) in [5.74, 6) is 2.38. The smallest absolute Gasteiger partial charge is 0.161 e. The second kappa shape index (κ2) is 7.38. The summed E-state index contributed by atoms with van der Waals surface area (Å²) in [5.41, 5.74) is 3.35. The van der Waals surface area contributed by atoms with Crippen molar-refractivity contribution in [1.29, 1.82) is 0 Å². The molecule has 0 fully saturated rings. The van der Waals surface area contributed by atoms with Gasteiger partial charge in [0.1, 0.15) is 0 Å². The Morgan fingerprint density at radius 3 is 2.19 bits per heavy atom. The molecule has 112 valence electrons. The number of hydrogen-bond donors (Lipinski definition) is 1. The van der Waals surface area contributed by atoms with Gasteiger partial charge in [-0.15, -0.1) is 11.8 Å². The van der Waals surface area contributed by atoms with Crippen LogP contribution in [0.25, 0.3) is 0 Å². The number of methoxy groups -OCH3 is 2. The predicted octanol–water partition coefficient (Wildman–Crippen LogP) is 3.80. The van der Waals surface area contributed by atoms with E-state index >= 15 is 0 Å². The van der Waals surface area contributed by atoms with E-state index in [9.17, 15) is 0 Å². The Hall–Kier alpha value is -1.65. The lowest BCUT2D eigenvalue weighted by Gasteiger charge is -2.12. The number of aliphatic hydroxyl groups is 1. The molecule has 2 rings (SSSR count). The normalized spacial score (nSPS) is 10.5. The molecule has 0 saturated carbocycles. The Morgan fingerprint density at radius 2 is 1.62 bits per heavy atom. The van der Waals surface area contributed by atoms with Crippen molar-refractivity contribution in [2.45, 2.75) is 24.2 Å². The fraction of sp³-hybridized carbons (Fsp3) is 0.294. The molecule has 0 unspecified atom stereocenters. The van der Waals surface area contributed by atoms with E-state index in [0.29, 0.717) is 0 Å². The highest BCUT2D eigenvalue weighted by atomic mass is 32.2. The molecule has 1 N–H and O–H groups in total. The number of aliphatic hydroxyl groups excluding tert-OH is 1. The number of rotatable bonds is 6. The Morgan fingerprint density at radius 1 is 1.00 bits per heavy atom. The number of ether oxygens (including phenoxy) is 2. The molecular formula is C17H20O3S. The van der Waals surface area contributed by atoms with Gasteiger partial charge in [0.25, 0.3) is 0 Å². The monoisotopic (exact) mass is 304 g/mol. The van der Waals surface area contributed by atoms with E-state index in [4.69, 9.17) is 14.6 Å². The Kier molecular flexibility index (Phi) is 5.53. The fourth-order valence-corrected chi connectivity index (χ4v) is 2.99. The highest BCUT2D eigenvalue weighted by Crippen LogP contribution is 2.33. The first-order chi connectivity index (χ1) is 10.2. The highest BCUT2D eigenvalue weighted by Gasteiger charge is 2.09. The topological polar surface area (TPSA) is 38.7 Å². The first-order valence-electron chi connectivity index (χ1n) is 6.72. The molecule has 0 atom stereocenters. The van der Waals surface area contributed by atoms with E-state index in [0.717, 1.165) is 22.8 Å². The van der Waals surface area contributed by atoms with E-state index in [1.165, 1.54) is 16.0 Å². The van der Waals surface area contributed by atoms with Crippen LogP contribution < -0.4 is 9.47 Å². The minimum absolute atomic E-state index is 0.0831. The van der Waals surface area contributed by atoms with Crippen LogP contribution in [0, 0.1) is 6.92 Å². The molecule has 0 amide bonds. The number of benzene rings is 2. The van der Waals surface area contributed by atoms with Crippen LogP contribution >= 0.6 is 11.8 Å². The van der Waals surface area contributed by atoms with E-state index in [2.05, 4.69) is 6.92 Å². The zero-order valence-electron chi connectivity index (χ0n) is 12.6. The van der Waals surface area contributed by atoms with Crippen LogP contribution in [0.4, 0.5) is 0 Å². The lowest BCUT2D eigenvalue weighted by molar-refractivity contribution is 0.282. The molecular weight excluding hydrogens is 284 g/mol. The molecule has 3 nitrogen and oxygen atoms in total. The molecule has 0 aliphatic rings. The van der Waals surface area contributed by atoms with Crippen LogP contribution in [0.3, 0.4) is 0 Å². The molecule has 0 heterocycles. The number of thioether (sulfide) groups is 1. The lowest BCUT2D eigenvalue weighted by atomic mass is 10.1. The molecule has 0 saturated heterocycles. The highest BCUT2D eigenvalue weighted by molar-refractivity contribution is 7.98. The molecule has 0 aromatic heterocycles. The maximum absolute atomic E-state index is 9.05. The third-order valence-corrected chi connectivity index (χ3v) is 4.40. The van der Waals surface area contributed by atoms with Crippen molar-refractivity contribution in [1.82, 2.24) is 0 Å². The maximum Gasteiger partial charge on any atom is 0.161 e. The summed E-state index contributed by atoms with van der Waals surface area (Å²) in [7, 11) is 3.30. The van der Waals surface area contributed by atoms with Gasteiger partial charge in [-0.25, -0.2) is 0 Å². The summed E-state index contributed by atoms with van der Waals surface area (Å²) in [5, 5.41) is 9.05. The van der Waals surface area contributed by atoms with Crippen molar-refractivity contribution in [3.8, 4) is 11.5 Å². The third kappa shape index (κ3) is 3.93. The summed E-state index contributed by atoms with van der Waals surface area (Å²) in [4.78, 5) is 1.18. The first kappa shape index (κ1) is 15.7. The fourth-order valence-electron chi connectivity index (χ4n) is 2.03. The number of aryl methyl sites for hydroxylation is 1. The Bertz CT molecular complexity index is 594. The van der Waals surface area contributed by atoms with Gasteiger partial charge in [0.15, 0.2) is 11.5 Å². The molecule has 0 aliphatic carbocycles. The molecule has 0 radical (unpaired) electrons. The van der Waals surface area contributed by atoms with Crippen LogP contribution in [-0.2, 0) is 12.4 Å². The van der Waals surface area contributed by atoms with Crippen molar-refractivity contribution < 1.29 is 14.6 Å². The van der Waals surface area contributed by atoms with Crippen molar-refractivity contribution in [2.75, 3.05) is 14.2 Å². The van der Waals surface area contributed by atoms with E-state index in [1.807, 2.05) is 36.4 Å². The van der Waals surface area contributed by atoms with Gasteiger partial charge in [0.05, 0.1) is 20.8 Å². The Labute approximate surface area is 129 Å². The van der Waals surface area contributed by atoms with Gasteiger partial charge in [0.2, 0.25) is 0 Å². The van der Waals surface area contributed by atoms with Gasteiger partial charge in [-0.2, -0.15) is 0 Å². The van der Waals surface area contributed by atoms with Gasteiger partial charge in [0, 0.05) is 10.6 Å². The molecule has 0 bridgehead atoms. The van der Waals surface area contributed by atoms with Crippen LogP contribution in [0.1, 0.15) is 16.7 Å². The summed E-state index contributed by atoms with van der Waals surface area (Å²) in [6.07, 6.45) is 0. The van der Waals surface area contributed by atoms with Crippen molar-refractivity contribution in [3.63, 3.8) is 0 Å². The van der Waals surface area contributed by atoms with Crippen LogP contribution in [0.15, 0.2) is 41.3 Å². The zero-order chi connectivity index (χ0) is 15.2. The first-order valence-corrected chi connectivity index (χ1v) is 7.70. The van der Waals surface area contributed by atoms with E-state index in [-0.39, 0.29) is 6.61 Å². The second-order valence-electron chi connectivity index (χ2n) is 4.72. The van der Waals surface area contributed by atoms with Crippen molar-refractivity contribution in [2.24, 2.45) is 0 Å². The Balaban J connectivity index is 2.11. The molecule has 2 aromatic rings. The van der Waals surface area contributed by atoms with Gasteiger partial charge in [-0.3, -0.25) is 0 Å². The minimum Gasteiger partial charge on any atom is -0.493 e. The van der Waals surface area contributed by atoms with Crippen molar-refractivity contribution >= 4 is 11.8 Å². The van der Waals surface area contributed by atoms with Crippen LogP contribution in [0.5, 0.6) is 11.5 Å². The van der Waals surface area contributed by atoms with E-state index in [1.54, 1.807) is 26.0 Å². The average Bonchev–Trinajstić information content (AvgIpc) is 2.53. The average molecular weight is 304 g/mol.